The van der Waals surface area contributed by atoms with Gasteiger partial charge in [0.1, 0.15) is 0 Å². The zero-order valence-electron chi connectivity index (χ0n) is 11.7. The third kappa shape index (κ3) is 4.26. The van der Waals surface area contributed by atoms with Gasteiger partial charge in [0.15, 0.2) is 0 Å². The Balaban J connectivity index is 1.92. The van der Waals surface area contributed by atoms with Gasteiger partial charge < -0.3 is 5.32 Å². The number of nitrogens with one attached hydrogen (secondary N) is 1. The Morgan fingerprint density at radius 2 is 2.19 bits per heavy atom. The molecule has 0 spiro atoms. The van der Waals surface area contributed by atoms with Gasteiger partial charge in [-0.05, 0) is 24.6 Å². The Labute approximate surface area is 131 Å². The lowest BCUT2D eigenvalue weighted by molar-refractivity contribution is 0.0952. The molecule has 2 aromatic rings. The van der Waals surface area contributed by atoms with E-state index in [4.69, 9.17) is 0 Å². The lowest BCUT2D eigenvalue weighted by Gasteiger charge is -2.08. The van der Waals surface area contributed by atoms with Crippen molar-refractivity contribution in [2.45, 2.75) is 19.9 Å². The fourth-order valence-corrected chi connectivity index (χ4v) is 2.25. The Morgan fingerprint density at radius 1 is 1.38 bits per heavy atom. The maximum Gasteiger partial charge on any atom is 0.253 e. The largest absolute Gasteiger partial charge is 0.350 e. The topological polar surface area (TPSA) is 64.0 Å². The molecule has 0 radical (unpaired) electrons. The minimum absolute atomic E-state index is 0.0986. The van der Waals surface area contributed by atoms with Crippen molar-refractivity contribution in [1.29, 1.82) is 0 Å². The average Bonchev–Trinajstić information content (AvgIpc) is 2.48. The van der Waals surface area contributed by atoms with Crippen LogP contribution in [0, 0.1) is 0 Å². The van der Waals surface area contributed by atoms with Gasteiger partial charge in [-0.2, -0.15) is 0 Å². The van der Waals surface area contributed by atoms with E-state index in [0.717, 1.165) is 16.6 Å². The summed E-state index contributed by atoms with van der Waals surface area (Å²) in [6, 6.07) is 8.67. The highest BCUT2D eigenvalue weighted by molar-refractivity contribution is 9.10. The zero-order chi connectivity index (χ0) is 15.2. The number of hydrogen-bond donors (Lipinski definition) is 1. The quantitative estimate of drug-likeness (QED) is 0.897. The molecule has 0 aliphatic heterocycles. The number of aromatic nitrogens is 2. The van der Waals surface area contributed by atoms with E-state index >= 15 is 0 Å². The maximum absolute atomic E-state index is 11.9. The van der Waals surface area contributed by atoms with Gasteiger partial charge in [-0.3, -0.25) is 14.2 Å². The summed E-state index contributed by atoms with van der Waals surface area (Å²) in [5.74, 6) is -0.164. The summed E-state index contributed by atoms with van der Waals surface area (Å²) in [6.07, 6.45) is 2.25. The van der Waals surface area contributed by atoms with Gasteiger partial charge in [0.05, 0.1) is 6.33 Å². The number of amides is 1. The molecule has 21 heavy (non-hydrogen) atoms. The van der Waals surface area contributed by atoms with E-state index in [0.29, 0.717) is 18.7 Å². The number of carbonyl (C=O) groups is 1. The Morgan fingerprint density at radius 3 is 2.86 bits per heavy atom. The molecule has 0 fully saturated rings. The minimum Gasteiger partial charge on any atom is -0.350 e. The predicted octanol–water partition coefficient (Wildman–Crippen LogP) is 2.00. The fraction of sp³-hybridized carbons (Fsp3) is 0.267. The Bertz CT molecular complexity index is 697. The highest BCUT2D eigenvalue weighted by Gasteiger charge is 2.05. The molecule has 0 aliphatic rings. The van der Waals surface area contributed by atoms with Crippen LogP contribution in [0.4, 0.5) is 0 Å². The van der Waals surface area contributed by atoms with Gasteiger partial charge in [0, 0.05) is 34.9 Å². The molecular formula is C15H16BrN3O2. The number of aryl methyl sites for hydroxylation is 1. The van der Waals surface area contributed by atoms with Crippen LogP contribution in [0.5, 0.6) is 0 Å². The van der Waals surface area contributed by atoms with Crippen LogP contribution in [0.2, 0.25) is 0 Å². The highest BCUT2D eigenvalue weighted by atomic mass is 79.9. The van der Waals surface area contributed by atoms with Gasteiger partial charge in [-0.1, -0.05) is 28.9 Å². The van der Waals surface area contributed by atoms with Crippen LogP contribution in [0.3, 0.4) is 0 Å². The van der Waals surface area contributed by atoms with Gasteiger partial charge in [0.25, 0.3) is 11.5 Å². The third-order valence-corrected chi connectivity index (χ3v) is 3.52. The number of hydrogen-bond acceptors (Lipinski definition) is 3. The third-order valence-electron chi connectivity index (χ3n) is 3.02. The molecule has 1 heterocycles. The first kappa shape index (κ1) is 15.4. The van der Waals surface area contributed by atoms with Crippen molar-refractivity contribution in [2.75, 3.05) is 6.54 Å². The summed E-state index contributed by atoms with van der Waals surface area (Å²) in [6.45, 7) is 2.72. The molecule has 0 saturated carbocycles. The van der Waals surface area contributed by atoms with E-state index in [1.54, 1.807) is 18.2 Å². The van der Waals surface area contributed by atoms with Gasteiger partial charge in [-0.25, -0.2) is 4.98 Å². The molecule has 0 unspecified atom stereocenters. The maximum atomic E-state index is 11.9. The first-order chi connectivity index (χ1) is 10.1. The van der Waals surface area contributed by atoms with Crippen LogP contribution < -0.4 is 10.9 Å². The standard InChI is InChI=1S/C15H16BrN3O2/c1-2-13-9-14(20)19(10-18-13)7-6-17-15(21)11-4-3-5-12(16)8-11/h3-5,8-10H,2,6-7H2,1H3,(H,17,21). The zero-order valence-corrected chi connectivity index (χ0v) is 13.3. The lowest BCUT2D eigenvalue weighted by Crippen LogP contribution is -2.31. The van der Waals surface area contributed by atoms with Crippen molar-refractivity contribution in [1.82, 2.24) is 14.9 Å². The van der Waals surface area contributed by atoms with Crippen molar-refractivity contribution < 1.29 is 4.79 Å². The van der Waals surface area contributed by atoms with Crippen LogP contribution in [0.1, 0.15) is 23.0 Å². The molecule has 2 rings (SSSR count). The second kappa shape index (κ2) is 7.17. The highest BCUT2D eigenvalue weighted by Crippen LogP contribution is 2.11. The van der Waals surface area contributed by atoms with Crippen LogP contribution in [-0.2, 0) is 13.0 Å². The van der Waals surface area contributed by atoms with E-state index < -0.39 is 0 Å². The minimum atomic E-state index is -0.164. The number of carbonyl (C=O) groups excluding carboxylic acids is 1. The molecule has 5 nitrogen and oxygen atoms in total. The first-order valence-corrected chi connectivity index (χ1v) is 7.48. The van der Waals surface area contributed by atoms with E-state index in [-0.39, 0.29) is 11.5 Å². The summed E-state index contributed by atoms with van der Waals surface area (Å²) in [7, 11) is 0. The van der Waals surface area contributed by atoms with Crippen molar-refractivity contribution >= 4 is 21.8 Å². The van der Waals surface area contributed by atoms with Gasteiger partial charge >= 0.3 is 0 Å². The Kier molecular flexibility index (Phi) is 5.27. The van der Waals surface area contributed by atoms with Crippen molar-refractivity contribution in [2.24, 2.45) is 0 Å². The fourth-order valence-electron chi connectivity index (χ4n) is 1.85. The average molecular weight is 350 g/mol. The molecule has 1 aromatic heterocycles. The van der Waals surface area contributed by atoms with E-state index in [9.17, 15) is 9.59 Å². The molecule has 0 atom stereocenters. The second-order valence-electron chi connectivity index (χ2n) is 4.53. The summed E-state index contributed by atoms with van der Waals surface area (Å²) in [5.41, 5.74) is 1.25. The van der Waals surface area contributed by atoms with Crippen LogP contribution in [-0.4, -0.2) is 22.0 Å². The predicted molar refractivity (Wildman–Crippen MR) is 84.4 cm³/mol. The number of nitrogens with zero attached hydrogens (tertiary/aromatic N) is 2. The second-order valence-corrected chi connectivity index (χ2v) is 5.45. The molecular weight excluding hydrogens is 334 g/mol. The van der Waals surface area contributed by atoms with Gasteiger partial charge in [0.2, 0.25) is 0 Å². The molecule has 6 heteroatoms. The SMILES string of the molecule is CCc1cc(=O)n(CCNC(=O)c2cccc(Br)c2)cn1. The molecule has 0 saturated heterocycles. The number of halogens is 1. The first-order valence-electron chi connectivity index (χ1n) is 6.69. The lowest BCUT2D eigenvalue weighted by atomic mass is 10.2. The monoisotopic (exact) mass is 349 g/mol. The van der Waals surface area contributed by atoms with Crippen molar-refractivity contribution in [3.8, 4) is 0 Å². The smallest absolute Gasteiger partial charge is 0.253 e. The van der Waals surface area contributed by atoms with Crippen LogP contribution >= 0.6 is 15.9 Å². The van der Waals surface area contributed by atoms with Crippen molar-refractivity contribution in [3.63, 3.8) is 0 Å². The van der Waals surface area contributed by atoms with E-state index in [1.165, 1.54) is 17.0 Å². The summed E-state index contributed by atoms with van der Waals surface area (Å²) in [4.78, 5) is 27.9. The number of rotatable bonds is 5. The Hall–Kier alpha value is -1.95. The molecule has 0 aliphatic carbocycles. The van der Waals surface area contributed by atoms with Crippen molar-refractivity contribution in [3.05, 3.63) is 62.7 Å². The van der Waals surface area contributed by atoms with Crippen LogP contribution in [0.15, 0.2) is 45.9 Å². The van der Waals surface area contributed by atoms with Gasteiger partial charge in [-0.15, -0.1) is 0 Å². The van der Waals surface area contributed by atoms with Crippen LogP contribution in [0.25, 0.3) is 0 Å². The normalized spacial score (nSPS) is 10.4. The van der Waals surface area contributed by atoms with E-state index in [1.807, 2.05) is 13.0 Å². The summed E-state index contributed by atoms with van der Waals surface area (Å²) < 4.78 is 2.34. The molecule has 1 N–H and O–H groups in total. The molecule has 1 amide bonds. The molecule has 110 valence electrons. The summed E-state index contributed by atoms with van der Waals surface area (Å²) in [5, 5.41) is 2.78. The van der Waals surface area contributed by atoms with E-state index in [2.05, 4.69) is 26.2 Å². The molecule has 1 aromatic carbocycles. The number of benzene rings is 1. The molecule has 0 bridgehead atoms. The summed E-state index contributed by atoms with van der Waals surface area (Å²) >= 11 is 3.32.